The number of carboxylic acids is 1. The van der Waals surface area contributed by atoms with Crippen molar-refractivity contribution in [1.82, 2.24) is 5.32 Å². The van der Waals surface area contributed by atoms with Gasteiger partial charge in [0.05, 0.1) is 5.56 Å². The van der Waals surface area contributed by atoms with Crippen LogP contribution in [-0.4, -0.2) is 29.8 Å². The summed E-state index contributed by atoms with van der Waals surface area (Å²) in [5.74, 6) is -1.39. The zero-order chi connectivity index (χ0) is 25.0. The Balaban J connectivity index is 1.33. The molecule has 3 aromatic rings. The van der Waals surface area contributed by atoms with E-state index < -0.39 is 29.8 Å². The van der Waals surface area contributed by atoms with Gasteiger partial charge in [0.2, 0.25) is 0 Å². The van der Waals surface area contributed by atoms with Crippen molar-refractivity contribution < 1.29 is 32.6 Å². The molecule has 3 aromatic carbocycles. The number of hydrogen-bond donors (Lipinski definition) is 2. The molecule has 1 amide bonds. The molecular formula is C27H24F3NO4. The molecule has 1 atom stereocenters. The molecule has 0 saturated carbocycles. The molecule has 0 spiro atoms. The summed E-state index contributed by atoms with van der Waals surface area (Å²) >= 11 is 0. The molecular weight excluding hydrogens is 459 g/mol. The second-order valence-corrected chi connectivity index (χ2v) is 8.45. The summed E-state index contributed by atoms with van der Waals surface area (Å²) in [7, 11) is 0. The van der Waals surface area contributed by atoms with E-state index >= 15 is 0 Å². The number of ether oxygens (including phenoxy) is 1. The van der Waals surface area contributed by atoms with Crippen LogP contribution in [0.3, 0.4) is 0 Å². The van der Waals surface area contributed by atoms with Gasteiger partial charge in [-0.25, -0.2) is 9.59 Å². The molecule has 182 valence electrons. The van der Waals surface area contributed by atoms with Crippen molar-refractivity contribution in [2.45, 2.75) is 37.4 Å². The zero-order valence-corrected chi connectivity index (χ0v) is 18.7. The van der Waals surface area contributed by atoms with Crippen LogP contribution in [0, 0.1) is 0 Å². The fourth-order valence-corrected chi connectivity index (χ4v) is 4.45. The SMILES string of the molecule is O=C(NC(CCCc1cccc(C(F)(F)F)c1)C(=O)O)OCC1c2ccccc2-c2ccccc21. The smallest absolute Gasteiger partial charge is 0.416 e. The number of amides is 1. The molecule has 4 rings (SSSR count). The Morgan fingerprint density at radius 1 is 0.943 bits per heavy atom. The van der Waals surface area contributed by atoms with Crippen molar-refractivity contribution in [2.24, 2.45) is 0 Å². The van der Waals surface area contributed by atoms with Crippen molar-refractivity contribution in [3.63, 3.8) is 0 Å². The summed E-state index contributed by atoms with van der Waals surface area (Å²) in [6.07, 6.45) is -4.71. The number of hydrogen-bond acceptors (Lipinski definition) is 3. The van der Waals surface area contributed by atoms with Crippen LogP contribution < -0.4 is 5.32 Å². The van der Waals surface area contributed by atoms with Crippen molar-refractivity contribution >= 4 is 12.1 Å². The van der Waals surface area contributed by atoms with Crippen LogP contribution in [0.25, 0.3) is 11.1 Å². The Morgan fingerprint density at radius 2 is 1.57 bits per heavy atom. The van der Waals surface area contributed by atoms with Gasteiger partial charge in [0, 0.05) is 5.92 Å². The lowest BCUT2D eigenvalue weighted by Crippen LogP contribution is -2.41. The molecule has 0 aromatic heterocycles. The predicted octanol–water partition coefficient (Wildman–Crippen LogP) is 6.02. The number of carbonyl (C=O) groups excluding carboxylic acids is 1. The van der Waals surface area contributed by atoms with E-state index in [1.807, 2.05) is 48.5 Å². The fraction of sp³-hybridized carbons (Fsp3) is 0.259. The van der Waals surface area contributed by atoms with Crippen molar-refractivity contribution in [1.29, 1.82) is 0 Å². The quantitative estimate of drug-likeness (QED) is 0.411. The van der Waals surface area contributed by atoms with Gasteiger partial charge in [0.25, 0.3) is 0 Å². The molecule has 0 heterocycles. The van der Waals surface area contributed by atoms with Gasteiger partial charge in [0.15, 0.2) is 0 Å². The number of rotatable bonds is 8. The van der Waals surface area contributed by atoms with Crippen molar-refractivity contribution in [2.75, 3.05) is 6.61 Å². The van der Waals surface area contributed by atoms with Gasteiger partial charge in [-0.1, -0.05) is 66.7 Å². The van der Waals surface area contributed by atoms with Crippen LogP contribution in [0.5, 0.6) is 0 Å². The molecule has 0 bridgehead atoms. The number of aryl methyl sites for hydroxylation is 1. The highest BCUT2D eigenvalue weighted by molar-refractivity contribution is 5.81. The van der Waals surface area contributed by atoms with Gasteiger partial charge in [-0.2, -0.15) is 13.2 Å². The Labute approximate surface area is 200 Å². The van der Waals surface area contributed by atoms with E-state index in [4.69, 9.17) is 4.74 Å². The number of alkyl carbamates (subject to hydrolysis) is 1. The standard InChI is InChI=1S/C27H24F3NO4/c28-27(29,30)18-9-5-7-17(15-18)8-6-14-24(25(32)33)31-26(34)35-16-23-21-12-3-1-10-19(21)20-11-2-4-13-22(20)23/h1-5,7,9-13,15,23-24H,6,8,14,16H2,(H,31,34)(H,32,33). The van der Waals surface area contributed by atoms with E-state index in [1.54, 1.807) is 6.07 Å². The summed E-state index contributed by atoms with van der Waals surface area (Å²) < 4.78 is 44.0. The first-order chi connectivity index (χ1) is 16.7. The molecule has 5 nitrogen and oxygen atoms in total. The first-order valence-corrected chi connectivity index (χ1v) is 11.2. The van der Waals surface area contributed by atoms with Gasteiger partial charge < -0.3 is 15.2 Å². The Morgan fingerprint density at radius 3 is 2.17 bits per heavy atom. The normalized spacial score (nSPS) is 13.6. The third-order valence-corrected chi connectivity index (χ3v) is 6.15. The van der Waals surface area contributed by atoms with Crippen LogP contribution in [0.2, 0.25) is 0 Å². The minimum absolute atomic E-state index is 0.0514. The van der Waals surface area contributed by atoms with Gasteiger partial charge in [0.1, 0.15) is 12.6 Å². The summed E-state index contributed by atoms with van der Waals surface area (Å²) in [6, 6.07) is 19.4. The zero-order valence-electron chi connectivity index (χ0n) is 18.7. The molecule has 0 radical (unpaired) electrons. The first kappa shape index (κ1) is 24.3. The minimum Gasteiger partial charge on any atom is -0.480 e. The summed E-state index contributed by atoms with van der Waals surface area (Å²) in [5.41, 5.74) is 3.94. The van der Waals surface area contributed by atoms with Gasteiger partial charge in [-0.3, -0.25) is 0 Å². The molecule has 35 heavy (non-hydrogen) atoms. The van der Waals surface area contributed by atoms with Crippen LogP contribution in [0.1, 0.15) is 41.0 Å². The molecule has 0 fully saturated rings. The Bertz CT molecular complexity index is 1180. The number of carbonyl (C=O) groups is 2. The second kappa shape index (κ2) is 10.2. The minimum atomic E-state index is -4.44. The number of benzene rings is 3. The predicted molar refractivity (Wildman–Crippen MR) is 124 cm³/mol. The lowest BCUT2D eigenvalue weighted by Gasteiger charge is -2.17. The third-order valence-electron chi connectivity index (χ3n) is 6.15. The number of fused-ring (bicyclic) bond motifs is 3. The molecule has 1 unspecified atom stereocenters. The highest BCUT2D eigenvalue weighted by atomic mass is 19.4. The number of carboxylic acid groups (broad SMARTS) is 1. The fourth-order valence-electron chi connectivity index (χ4n) is 4.45. The number of nitrogens with one attached hydrogen (secondary N) is 1. The maximum absolute atomic E-state index is 12.9. The highest BCUT2D eigenvalue weighted by Crippen LogP contribution is 2.44. The van der Waals surface area contributed by atoms with Crippen LogP contribution in [0.15, 0.2) is 72.8 Å². The molecule has 0 aliphatic heterocycles. The lowest BCUT2D eigenvalue weighted by molar-refractivity contribution is -0.139. The first-order valence-electron chi connectivity index (χ1n) is 11.2. The molecule has 8 heteroatoms. The molecule has 1 aliphatic carbocycles. The van der Waals surface area contributed by atoms with Gasteiger partial charge in [-0.05, 0) is 53.1 Å². The Hall–Kier alpha value is -3.81. The maximum atomic E-state index is 12.9. The number of alkyl halides is 3. The van der Waals surface area contributed by atoms with E-state index in [0.717, 1.165) is 34.4 Å². The van der Waals surface area contributed by atoms with E-state index in [-0.39, 0.29) is 31.8 Å². The monoisotopic (exact) mass is 483 g/mol. The highest BCUT2D eigenvalue weighted by Gasteiger charge is 2.31. The Kier molecular flexibility index (Phi) is 7.10. The summed E-state index contributed by atoms with van der Waals surface area (Å²) in [5, 5.41) is 11.9. The average Bonchev–Trinajstić information content (AvgIpc) is 3.15. The molecule has 1 aliphatic rings. The largest absolute Gasteiger partial charge is 0.480 e. The van der Waals surface area contributed by atoms with Crippen LogP contribution >= 0.6 is 0 Å². The van der Waals surface area contributed by atoms with Crippen LogP contribution in [-0.2, 0) is 22.1 Å². The van der Waals surface area contributed by atoms with E-state index in [1.165, 1.54) is 6.07 Å². The van der Waals surface area contributed by atoms with Crippen molar-refractivity contribution in [3.8, 4) is 11.1 Å². The second-order valence-electron chi connectivity index (χ2n) is 8.45. The van der Waals surface area contributed by atoms with Gasteiger partial charge in [-0.15, -0.1) is 0 Å². The maximum Gasteiger partial charge on any atom is 0.416 e. The van der Waals surface area contributed by atoms with Crippen LogP contribution in [0.4, 0.5) is 18.0 Å². The van der Waals surface area contributed by atoms with E-state index in [9.17, 15) is 27.9 Å². The summed E-state index contributed by atoms with van der Waals surface area (Å²) in [6.45, 7) is 0.0520. The molecule has 0 saturated heterocycles. The number of halogens is 3. The van der Waals surface area contributed by atoms with E-state index in [0.29, 0.717) is 5.56 Å². The average molecular weight is 483 g/mol. The van der Waals surface area contributed by atoms with E-state index in [2.05, 4.69) is 5.32 Å². The van der Waals surface area contributed by atoms with Crippen molar-refractivity contribution in [3.05, 3.63) is 95.1 Å². The third kappa shape index (κ3) is 5.65. The lowest BCUT2D eigenvalue weighted by atomic mass is 9.98. The topological polar surface area (TPSA) is 75.6 Å². The van der Waals surface area contributed by atoms with Gasteiger partial charge >= 0.3 is 18.2 Å². The summed E-state index contributed by atoms with van der Waals surface area (Å²) in [4.78, 5) is 24.0. The molecule has 2 N–H and O–H groups in total. The number of aliphatic carboxylic acids is 1.